The van der Waals surface area contributed by atoms with Crippen molar-refractivity contribution in [2.75, 3.05) is 32.7 Å². The second kappa shape index (κ2) is 8.89. The zero-order valence-electron chi connectivity index (χ0n) is 17.1. The minimum atomic E-state index is -0.773. The Hall–Kier alpha value is -2.19. The maximum absolute atomic E-state index is 11.1. The second-order valence-corrected chi connectivity index (χ2v) is 8.14. The molecule has 7 nitrogen and oxygen atoms in total. The fourth-order valence-corrected chi connectivity index (χ4v) is 4.38. The lowest BCUT2D eigenvalue weighted by atomic mass is 9.91. The third-order valence-corrected chi connectivity index (χ3v) is 6.05. The van der Waals surface area contributed by atoms with E-state index in [0.29, 0.717) is 37.1 Å². The molecule has 4 rings (SSSR count). The van der Waals surface area contributed by atoms with Crippen LogP contribution in [0.4, 0.5) is 5.95 Å². The maximum Gasteiger partial charge on any atom is 0.220 e. The first-order chi connectivity index (χ1) is 14.5. The smallest absolute Gasteiger partial charge is 0.220 e. The van der Waals surface area contributed by atoms with Crippen LogP contribution in [-0.2, 0) is 21.6 Å². The molecule has 1 aliphatic carbocycles. The third kappa shape index (κ3) is 4.16. The van der Waals surface area contributed by atoms with Gasteiger partial charge in [-0.15, -0.1) is 0 Å². The molecule has 2 aromatic heterocycles. The summed E-state index contributed by atoms with van der Waals surface area (Å²) in [5.74, 6) is 0.170. The fraction of sp³-hybridized carbons (Fsp3) is 0.455. The number of rotatable bonds is 8. The van der Waals surface area contributed by atoms with Gasteiger partial charge in [0.15, 0.2) is 0 Å². The summed E-state index contributed by atoms with van der Waals surface area (Å²) in [6.45, 7) is 2.34. The van der Waals surface area contributed by atoms with Gasteiger partial charge in [0, 0.05) is 36.3 Å². The molecule has 0 bridgehead atoms. The van der Waals surface area contributed by atoms with E-state index in [1.165, 1.54) is 6.20 Å². The number of benzene rings is 1. The number of fused-ring (bicyclic) bond motifs is 1. The van der Waals surface area contributed by atoms with Crippen molar-refractivity contribution >= 4 is 28.5 Å². The average Bonchev–Trinajstić information content (AvgIpc) is 3.34. The number of nitrogens with two attached hydrogens (primary N) is 1. The Kier molecular flexibility index (Phi) is 6.24. The lowest BCUT2D eigenvalue weighted by Gasteiger charge is -2.23. The van der Waals surface area contributed by atoms with Crippen LogP contribution in [0.1, 0.15) is 31.2 Å². The number of nitrogens with zero attached hydrogens (tertiary/aromatic N) is 3. The monoisotopic (exact) mass is 430 g/mol. The highest BCUT2D eigenvalue weighted by molar-refractivity contribution is 6.33. The van der Waals surface area contributed by atoms with Crippen molar-refractivity contribution in [2.24, 2.45) is 0 Å². The topological polar surface area (TPSA) is 95.4 Å². The number of aliphatic hydroxyl groups is 1. The molecule has 1 aromatic carbocycles. The molecule has 0 radical (unpaired) electrons. The average molecular weight is 431 g/mol. The quantitative estimate of drug-likeness (QED) is 0.528. The van der Waals surface area contributed by atoms with Gasteiger partial charge in [-0.1, -0.05) is 30.5 Å². The van der Waals surface area contributed by atoms with Crippen LogP contribution < -0.4 is 5.73 Å². The summed E-state index contributed by atoms with van der Waals surface area (Å²) in [6, 6.07) is 6.14. The zero-order valence-corrected chi connectivity index (χ0v) is 17.9. The highest BCUT2D eigenvalue weighted by Gasteiger charge is 2.33. The molecule has 30 heavy (non-hydrogen) atoms. The molecule has 0 aliphatic heterocycles. The molecule has 160 valence electrons. The van der Waals surface area contributed by atoms with Crippen molar-refractivity contribution in [2.45, 2.75) is 37.8 Å². The molecule has 0 saturated heterocycles. The van der Waals surface area contributed by atoms with Crippen LogP contribution in [0.3, 0.4) is 0 Å². The highest BCUT2D eigenvalue weighted by Crippen LogP contribution is 2.41. The van der Waals surface area contributed by atoms with Gasteiger partial charge in [0.05, 0.1) is 42.3 Å². The predicted octanol–water partition coefficient (Wildman–Crippen LogP) is 3.76. The van der Waals surface area contributed by atoms with E-state index in [2.05, 4.69) is 26.7 Å². The molecule has 3 N–H and O–H groups in total. The van der Waals surface area contributed by atoms with Crippen LogP contribution >= 0.6 is 11.6 Å². The van der Waals surface area contributed by atoms with E-state index in [0.717, 1.165) is 47.7 Å². The number of hydrogen-bond donors (Lipinski definition) is 2. The first kappa shape index (κ1) is 21.1. The first-order valence-corrected chi connectivity index (χ1v) is 10.6. The van der Waals surface area contributed by atoms with Gasteiger partial charge in [0.25, 0.3) is 0 Å². The minimum absolute atomic E-state index is 0.170. The summed E-state index contributed by atoms with van der Waals surface area (Å²) in [5.41, 5.74) is 8.47. The summed E-state index contributed by atoms with van der Waals surface area (Å²) in [5, 5.41) is 12.5. The van der Waals surface area contributed by atoms with Crippen molar-refractivity contribution in [1.29, 1.82) is 0 Å². The Bertz CT molecular complexity index is 1030. The molecule has 1 aliphatic rings. The van der Waals surface area contributed by atoms with Gasteiger partial charge in [0.1, 0.15) is 0 Å². The largest absolute Gasteiger partial charge is 0.385 e. The summed E-state index contributed by atoms with van der Waals surface area (Å²) in [6.07, 6.45) is 7.17. The van der Waals surface area contributed by atoms with E-state index in [4.69, 9.17) is 26.8 Å². The Morgan fingerprint density at radius 1 is 1.23 bits per heavy atom. The molecule has 1 fully saturated rings. The van der Waals surface area contributed by atoms with Crippen LogP contribution in [0.15, 0.2) is 30.6 Å². The van der Waals surface area contributed by atoms with Gasteiger partial charge in [0.2, 0.25) is 5.95 Å². The fourth-order valence-electron chi connectivity index (χ4n) is 4.19. The number of nitrogen functional groups attached to an aromatic ring is 1. The number of aromatic nitrogens is 3. The number of methoxy groups -OCH3 is 1. The van der Waals surface area contributed by atoms with Gasteiger partial charge in [-0.25, -0.2) is 9.97 Å². The molecule has 2 heterocycles. The molecular formula is C22H27ClN4O3. The molecule has 0 spiro atoms. The molecule has 1 saturated carbocycles. The minimum Gasteiger partial charge on any atom is -0.385 e. The summed E-state index contributed by atoms with van der Waals surface area (Å²) >= 11 is 6.42. The lowest BCUT2D eigenvalue weighted by molar-refractivity contribution is 0.0446. The predicted molar refractivity (Wildman–Crippen MR) is 117 cm³/mol. The van der Waals surface area contributed by atoms with Gasteiger partial charge in [-0.05, 0) is 30.5 Å². The van der Waals surface area contributed by atoms with E-state index in [-0.39, 0.29) is 5.95 Å². The molecule has 0 atom stereocenters. The highest BCUT2D eigenvalue weighted by atomic mass is 35.5. The third-order valence-electron chi connectivity index (χ3n) is 5.78. The van der Waals surface area contributed by atoms with Gasteiger partial charge in [-0.3, -0.25) is 0 Å². The van der Waals surface area contributed by atoms with Crippen LogP contribution in [0.25, 0.3) is 22.2 Å². The normalized spacial score (nSPS) is 15.8. The van der Waals surface area contributed by atoms with Crippen LogP contribution in [0.2, 0.25) is 5.02 Å². The first-order valence-electron chi connectivity index (χ1n) is 10.2. The lowest BCUT2D eigenvalue weighted by Crippen LogP contribution is -2.20. The summed E-state index contributed by atoms with van der Waals surface area (Å²) in [4.78, 5) is 8.36. The maximum atomic E-state index is 11.1. The Morgan fingerprint density at radius 2 is 2.03 bits per heavy atom. The zero-order chi connectivity index (χ0) is 21.1. The number of hydrogen-bond acceptors (Lipinski definition) is 6. The Morgan fingerprint density at radius 3 is 2.80 bits per heavy atom. The van der Waals surface area contributed by atoms with Crippen LogP contribution in [-0.4, -0.2) is 46.6 Å². The van der Waals surface area contributed by atoms with Crippen molar-refractivity contribution in [3.05, 3.63) is 41.2 Å². The molecular weight excluding hydrogens is 404 g/mol. The molecule has 3 aromatic rings. The van der Waals surface area contributed by atoms with Crippen LogP contribution in [0.5, 0.6) is 0 Å². The summed E-state index contributed by atoms with van der Waals surface area (Å²) in [7, 11) is 1.65. The molecule has 0 amide bonds. The standard InChI is InChI=1S/C22H27ClN4O3/c1-29-10-11-30-9-8-27-14-17(20-18(23)13-25-21(24)26-20)16-12-15(4-5-19(16)27)22(28)6-2-3-7-22/h4-5,12-14,28H,2-3,6-11H2,1H3,(H2,24,25,26). The molecule has 8 heteroatoms. The van der Waals surface area contributed by atoms with E-state index in [9.17, 15) is 5.11 Å². The number of halogens is 1. The van der Waals surface area contributed by atoms with Crippen molar-refractivity contribution in [3.63, 3.8) is 0 Å². The number of ether oxygens (including phenoxy) is 2. The van der Waals surface area contributed by atoms with Crippen molar-refractivity contribution in [1.82, 2.24) is 14.5 Å². The van der Waals surface area contributed by atoms with E-state index < -0.39 is 5.60 Å². The van der Waals surface area contributed by atoms with Gasteiger partial charge >= 0.3 is 0 Å². The Balaban J connectivity index is 1.76. The van der Waals surface area contributed by atoms with Crippen molar-refractivity contribution in [3.8, 4) is 11.3 Å². The van der Waals surface area contributed by atoms with E-state index in [1.54, 1.807) is 7.11 Å². The second-order valence-electron chi connectivity index (χ2n) is 7.74. The van der Waals surface area contributed by atoms with Crippen LogP contribution in [0, 0.1) is 0 Å². The van der Waals surface area contributed by atoms with E-state index >= 15 is 0 Å². The van der Waals surface area contributed by atoms with E-state index in [1.807, 2.05) is 12.3 Å². The summed E-state index contributed by atoms with van der Waals surface area (Å²) < 4.78 is 12.8. The number of anilines is 1. The molecule has 0 unspecified atom stereocenters. The Labute approximate surface area is 180 Å². The van der Waals surface area contributed by atoms with Gasteiger partial charge < -0.3 is 24.9 Å². The van der Waals surface area contributed by atoms with Crippen molar-refractivity contribution < 1.29 is 14.6 Å². The SMILES string of the molecule is COCCOCCn1cc(-c2nc(N)ncc2Cl)c2cc(C3(O)CCCC3)ccc21. The van der Waals surface area contributed by atoms with Gasteiger partial charge in [-0.2, -0.15) is 0 Å².